The van der Waals surface area contributed by atoms with Crippen LogP contribution in [-0.4, -0.2) is 28.1 Å². The topological polar surface area (TPSA) is 145 Å². The van der Waals surface area contributed by atoms with Crippen molar-refractivity contribution in [1.29, 1.82) is 0 Å². The Hall–Kier alpha value is -3.66. The Morgan fingerprint density at radius 2 is 1.77 bits per heavy atom. The van der Waals surface area contributed by atoms with Crippen molar-refractivity contribution in [2.24, 2.45) is 5.73 Å². The van der Waals surface area contributed by atoms with Crippen molar-refractivity contribution in [3.05, 3.63) is 64.1 Å². The summed E-state index contributed by atoms with van der Waals surface area (Å²) in [6, 6.07) is 9.60. The number of aryl methyl sites for hydroxylation is 2. The van der Waals surface area contributed by atoms with Crippen LogP contribution >= 0.6 is 11.5 Å². The van der Waals surface area contributed by atoms with Crippen LogP contribution in [0.2, 0.25) is 0 Å². The number of amides is 3. The van der Waals surface area contributed by atoms with Gasteiger partial charge >= 0.3 is 0 Å². The molecule has 0 saturated heterocycles. The van der Waals surface area contributed by atoms with Crippen LogP contribution in [0.5, 0.6) is 0 Å². The van der Waals surface area contributed by atoms with E-state index in [0.717, 1.165) is 49.2 Å². The van der Waals surface area contributed by atoms with E-state index in [1.54, 1.807) is 31.2 Å². The van der Waals surface area contributed by atoms with Crippen molar-refractivity contribution < 1.29 is 18.8 Å². The lowest BCUT2D eigenvalue weighted by molar-refractivity contribution is -0.123. The van der Waals surface area contributed by atoms with Gasteiger partial charge < -0.3 is 21.2 Å². The molecular formula is C25H29N5O4S. The van der Waals surface area contributed by atoms with Gasteiger partial charge in [-0.2, -0.15) is 4.37 Å². The highest BCUT2D eigenvalue weighted by Crippen LogP contribution is 2.34. The van der Waals surface area contributed by atoms with Crippen LogP contribution < -0.4 is 21.7 Å². The van der Waals surface area contributed by atoms with Gasteiger partial charge in [-0.1, -0.05) is 37.0 Å². The molecular weight excluding hydrogens is 466 g/mol. The van der Waals surface area contributed by atoms with Gasteiger partial charge in [-0.05, 0) is 62.5 Å². The number of furan rings is 1. The molecule has 35 heavy (non-hydrogen) atoms. The monoisotopic (exact) mass is 495 g/mol. The molecule has 3 aromatic rings. The van der Waals surface area contributed by atoms with Crippen molar-refractivity contribution in [3.8, 4) is 0 Å². The minimum absolute atomic E-state index is 0.0260. The smallest absolute Gasteiger partial charge is 0.273 e. The zero-order chi connectivity index (χ0) is 25.1. The van der Waals surface area contributed by atoms with Crippen LogP contribution in [-0.2, 0) is 4.79 Å². The summed E-state index contributed by atoms with van der Waals surface area (Å²) in [5.41, 5.74) is 12.6. The second kappa shape index (κ2) is 10.3. The number of aromatic nitrogens is 1. The number of hydrogen-bond acceptors (Lipinski definition) is 7. The molecule has 1 atom stereocenters. The van der Waals surface area contributed by atoms with Crippen molar-refractivity contribution in [3.63, 3.8) is 0 Å². The fourth-order valence-corrected chi connectivity index (χ4v) is 5.07. The lowest BCUT2D eigenvalue weighted by Gasteiger charge is -2.32. The number of rotatable bonds is 7. The predicted molar refractivity (Wildman–Crippen MR) is 134 cm³/mol. The zero-order valence-corrected chi connectivity index (χ0v) is 20.6. The molecule has 1 fully saturated rings. The summed E-state index contributed by atoms with van der Waals surface area (Å²) in [5.74, 6) is -0.816. The molecule has 9 nitrogen and oxygen atoms in total. The molecule has 2 aromatic heterocycles. The van der Waals surface area contributed by atoms with E-state index in [-0.39, 0.29) is 28.2 Å². The van der Waals surface area contributed by atoms with Crippen LogP contribution in [0.15, 0.2) is 40.8 Å². The Labute approximate surface area is 207 Å². The van der Waals surface area contributed by atoms with E-state index in [9.17, 15) is 14.4 Å². The number of carbonyl (C=O) groups excluding carboxylic acids is 3. The molecule has 184 valence electrons. The van der Waals surface area contributed by atoms with E-state index < -0.39 is 17.9 Å². The van der Waals surface area contributed by atoms with Crippen molar-refractivity contribution in [2.45, 2.75) is 58.0 Å². The molecule has 1 saturated carbocycles. The summed E-state index contributed by atoms with van der Waals surface area (Å²) in [5, 5.41) is 3.12. The molecule has 1 aliphatic carbocycles. The Morgan fingerprint density at radius 3 is 2.34 bits per heavy atom. The highest BCUT2D eigenvalue weighted by atomic mass is 32.1. The third-order valence-electron chi connectivity index (χ3n) is 6.18. The Morgan fingerprint density at radius 1 is 1.09 bits per heavy atom. The van der Waals surface area contributed by atoms with Crippen LogP contribution in [0, 0.1) is 13.8 Å². The molecule has 3 amide bonds. The third-order valence-corrected chi connectivity index (χ3v) is 7.03. The second-order valence-corrected chi connectivity index (χ2v) is 9.62. The molecule has 0 radical (unpaired) electrons. The van der Waals surface area contributed by atoms with E-state index >= 15 is 0 Å². The number of nitrogens with two attached hydrogens (primary N) is 2. The van der Waals surface area contributed by atoms with Gasteiger partial charge in [0, 0.05) is 11.7 Å². The third kappa shape index (κ3) is 5.22. The average Bonchev–Trinajstić information content (AvgIpc) is 3.43. The maximum atomic E-state index is 13.9. The maximum absolute atomic E-state index is 13.9. The molecule has 0 bridgehead atoms. The Kier molecular flexibility index (Phi) is 7.20. The first-order valence-electron chi connectivity index (χ1n) is 11.6. The number of hydrogen-bond donors (Lipinski definition) is 3. The molecule has 1 aliphatic rings. The van der Waals surface area contributed by atoms with Crippen molar-refractivity contribution >= 4 is 40.6 Å². The number of carbonyl (C=O) groups is 3. The summed E-state index contributed by atoms with van der Waals surface area (Å²) in [6.07, 6.45) is 5.01. The molecule has 4 rings (SSSR count). The van der Waals surface area contributed by atoms with Gasteiger partial charge in [-0.25, -0.2) is 0 Å². The fourth-order valence-electron chi connectivity index (χ4n) is 4.33. The first-order chi connectivity index (χ1) is 16.8. The van der Waals surface area contributed by atoms with E-state index in [2.05, 4.69) is 9.69 Å². The van der Waals surface area contributed by atoms with Gasteiger partial charge in [-0.15, -0.1) is 0 Å². The van der Waals surface area contributed by atoms with Crippen LogP contribution in [0.4, 0.5) is 11.4 Å². The summed E-state index contributed by atoms with van der Waals surface area (Å²) in [4.78, 5) is 40.8. The lowest BCUT2D eigenvalue weighted by Crippen LogP contribution is -2.47. The number of benzene rings is 1. The van der Waals surface area contributed by atoms with E-state index in [1.165, 1.54) is 4.90 Å². The van der Waals surface area contributed by atoms with E-state index in [1.807, 2.05) is 19.1 Å². The van der Waals surface area contributed by atoms with Gasteiger partial charge in [0.2, 0.25) is 0 Å². The predicted octanol–water partition coefficient (Wildman–Crippen LogP) is 3.87. The average molecular weight is 496 g/mol. The molecule has 0 spiro atoms. The number of primary amides is 1. The maximum Gasteiger partial charge on any atom is 0.273 e. The largest absolute Gasteiger partial charge is 0.464 e. The summed E-state index contributed by atoms with van der Waals surface area (Å²) in [6.45, 7) is 3.71. The number of nitrogens with zero attached hydrogens (tertiary/aromatic N) is 2. The van der Waals surface area contributed by atoms with Gasteiger partial charge in [-0.3, -0.25) is 19.3 Å². The quantitative estimate of drug-likeness (QED) is 0.454. The van der Waals surface area contributed by atoms with Gasteiger partial charge in [0.1, 0.15) is 16.4 Å². The summed E-state index contributed by atoms with van der Waals surface area (Å²) in [7, 11) is 0. The highest BCUT2D eigenvalue weighted by molar-refractivity contribution is 7.09. The van der Waals surface area contributed by atoms with Crippen LogP contribution in [0.1, 0.15) is 75.4 Å². The minimum Gasteiger partial charge on any atom is -0.464 e. The van der Waals surface area contributed by atoms with Crippen LogP contribution in [0.25, 0.3) is 0 Å². The number of nitrogens with one attached hydrogen (secondary N) is 1. The molecule has 1 aromatic carbocycles. The normalized spacial score (nSPS) is 14.9. The van der Waals surface area contributed by atoms with E-state index in [4.69, 9.17) is 15.9 Å². The van der Waals surface area contributed by atoms with Crippen LogP contribution in [0.3, 0.4) is 0 Å². The first-order valence-corrected chi connectivity index (χ1v) is 12.4. The molecule has 0 unspecified atom stereocenters. The number of anilines is 2. The highest BCUT2D eigenvalue weighted by Gasteiger charge is 2.38. The Bertz CT molecular complexity index is 1230. The van der Waals surface area contributed by atoms with Gasteiger partial charge in [0.25, 0.3) is 17.7 Å². The molecule has 2 heterocycles. The molecule has 0 aliphatic heterocycles. The zero-order valence-electron chi connectivity index (χ0n) is 19.7. The minimum atomic E-state index is -1.10. The Balaban J connectivity index is 1.81. The summed E-state index contributed by atoms with van der Waals surface area (Å²) >= 11 is 0.775. The first kappa shape index (κ1) is 24.5. The van der Waals surface area contributed by atoms with E-state index in [0.29, 0.717) is 17.2 Å². The van der Waals surface area contributed by atoms with Gasteiger partial charge in [0.05, 0.1) is 5.69 Å². The molecule has 10 heteroatoms. The second-order valence-electron chi connectivity index (χ2n) is 8.84. The van der Waals surface area contributed by atoms with Gasteiger partial charge in [0.15, 0.2) is 11.7 Å². The SMILES string of the molecule is Cc1ccc(N(C(=O)c2snc(C(N)=O)c2N)[C@H](C(=O)NC2CCCCC2)c2ccc(C)o2)cc1. The van der Waals surface area contributed by atoms with Crippen molar-refractivity contribution in [1.82, 2.24) is 9.69 Å². The van der Waals surface area contributed by atoms with Crippen molar-refractivity contribution in [2.75, 3.05) is 10.6 Å². The fraction of sp³-hybridized carbons (Fsp3) is 0.360. The lowest BCUT2D eigenvalue weighted by atomic mass is 9.95. The standard InChI is InChI=1S/C25H29N5O4S/c1-14-8-11-17(12-9-14)30(25(33)22-19(26)20(23(27)31)29-35-22)21(18-13-10-15(2)34-18)24(32)28-16-6-4-3-5-7-16/h8-13,16,21H,3-7,26H2,1-2H3,(H2,27,31)(H,28,32)/t21-/m0/s1. The summed E-state index contributed by atoms with van der Waals surface area (Å²) < 4.78 is 9.84. The number of nitrogen functional groups attached to an aromatic ring is 1. The molecule has 5 N–H and O–H groups in total.